The standard InChI is InChI=1S/C8H11ClN4O/c1-2-5(10)8(14)11-7-4-3-6(9)12-13-7/h3-5H,2,10H2,1H3,(H,11,13,14)/t5-/m0/s1. The Balaban J connectivity index is 2.60. The normalized spacial score (nSPS) is 12.2. The SMILES string of the molecule is CC[C@H](N)C(=O)Nc1ccc(Cl)nn1. The number of hydrogen-bond donors (Lipinski definition) is 2. The number of nitrogens with two attached hydrogens (primary N) is 1. The fourth-order valence-electron chi connectivity index (χ4n) is 0.787. The van der Waals surface area contributed by atoms with Crippen LogP contribution in [-0.2, 0) is 4.79 Å². The molecule has 3 N–H and O–H groups in total. The van der Waals surface area contributed by atoms with Gasteiger partial charge in [-0.3, -0.25) is 4.79 Å². The molecule has 6 heteroatoms. The molecule has 0 bridgehead atoms. The van der Waals surface area contributed by atoms with Crippen molar-refractivity contribution in [3.05, 3.63) is 17.3 Å². The molecule has 1 aromatic rings. The van der Waals surface area contributed by atoms with E-state index in [2.05, 4.69) is 15.5 Å². The largest absolute Gasteiger partial charge is 0.320 e. The van der Waals surface area contributed by atoms with Crippen LogP contribution in [0.2, 0.25) is 5.15 Å². The molecule has 0 radical (unpaired) electrons. The Hall–Kier alpha value is -1.20. The molecule has 5 nitrogen and oxygen atoms in total. The van der Waals surface area contributed by atoms with Crippen LogP contribution in [0.5, 0.6) is 0 Å². The van der Waals surface area contributed by atoms with E-state index in [9.17, 15) is 4.79 Å². The fraction of sp³-hybridized carbons (Fsp3) is 0.375. The van der Waals surface area contributed by atoms with Gasteiger partial charge in [0.05, 0.1) is 6.04 Å². The van der Waals surface area contributed by atoms with Crippen LogP contribution in [0.4, 0.5) is 5.82 Å². The molecular weight excluding hydrogens is 204 g/mol. The van der Waals surface area contributed by atoms with E-state index in [1.807, 2.05) is 6.92 Å². The molecule has 0 fully saturated rings. The molecular formula is C8H11ClN4O. The lowest BCUT2D eigenvalue weighted by Gasteiger charge is -2.08. The van der Waals surface area contributed by atoms with E-state index in [0.29, 0.717) is 12.2 Å². The Bertz CT molecular complexity index is 314. The zero-order valence-corrected chi connectivity index (χ0v) is 8.45. The van der Waals surface area contributed by atoms with Gasteiger partial charge in [0.1, 0.15) is 0 Å². The van der Waals surface area contributed by atoms with Crippen LogP contribution in [0, 0.1) is 0 Å². The molecule has 1 atom stereocenters. The quantitative estimate of drug-likeness (QED) is 0.780. The zero-order chi connectivity index (χ0) is 10.6. The Labute approximate surface area is 86.7 Å². The molecule has 0 spiro atoms. The van der Waals surface area contributed by atoms with E-state index in [1.54, 1.807) is 12.1 Å². The highest BCUT2D eigenvalue weighted by molar-refractivity contribution is 6.29. The first-order valence-corrected chi connectivity index (χ1v) is 4.57. The summed E-state index contributed by atoms with van der Waals surface area (Å²) in [6.07, 6.45) is 0.576. The highest BCUT2D eigenvalue weighted by atomic mass is 35.5. The molecule has 76 valence electrons. The first kappa shape index (κ1) is 10.9. The summed E-state index contributed by atoms with van der Waals surface area (Å²) in [5.41, 5.74) is 5.51. The molecule has 0 aliphatic rings. The lowest BCUT2D eigenvalue weighted by Crippen LogP contribution is -2.35. The van der Waals surface area contributed by atoms with E-state index in [-0.39, 0.29) is 11.1 Å². The van der Waals surface area contributed by atoms with E-state index in [0.717, 1.165) is 0 Å². The van der Waals surface area contributed by atoms with Crippen molar-refractivity contribution >= 4 is 23.3 Å². The molecule has 0 unspecified atom stereocenters. The smallest absolute Gasteiger partial charge is 0.242 e. The second-order valence-electron chi connectivity index (χ2n) is 2.75. The highest BCUT2D eigenvalue weighted by Crippen LogP contribution is 2.06. The van der Waals surface area contributed by atoms with E-state index >= 15 is 0 Å². The Morgan fingerprint density at radius 1 is 1.64 bits per heavy atom. The molecule has 0 aromatic carbocycles. The maximum atomic E-state index is 11.3. The minimum absolute atomic E-state index is 0.274. The van der Waals surface area contributed by atoms with Gasteiger partial charge in [0, 0.05) is 0 Å². The van der Waals surface area contributed by atoms with Crippen LogP contribution in [-0.4, -0.2) is 22.1 Å². The van der Waals surface area contributed by atoms with Gasteiger partial charge in [-0.1, -0.05) is 18.5 Å². The number of anilines is 1. The summed E-state index contributed by atoms with van der Waals surface area (Å²) in [5, 5.41) is 10.0. The molecule has 0 aliphatic carbocycles. The third-order valence-electron chi connectivity index (χ3n) is 1.66. The topological polar surface area (TPSA) is 80.9 Å². The first-order valence-electron chi connectivity index (χ1n) is 4.19. The predicted octanol–water partition coefficient (Wildman–Crippen LogP) is 0.806. The average molecular weight is 215 g/mol. The number of rotatable bonds is 3. The molecule has 0 saturated carbocycles. The maximum Gasteiger partial charge on any atom is 0.242 e. The number of aromatic nitrogens is 2. The number of nitrogens with zero attached hydrogens (tertiary/aromatic N) is 2. The van der Waals surface area contributed by atoms with E-state index in [4.69, 9.17) is 17.3 Å². The Morgan fingerprint density at radius 2 is 2.36 bits per heavy atom. The van der Waals surface area contributed by atoms with Gasteiger partial charge in [0.25, 0.3) is 0 Å². The summed E-state index contributed by atoms with van der Waals surface area (Å²) in [7, 11) is 0. The number of nitrogens with one attached hydrogen (secondary N) is 1. The van der Waals surface area contributed by atoms with E-state index < -0.39 is 6.04 Å². The van der Waals surface area contributed by atoms with Crippen molar-refractivity contribution in [1.82, 2.24) is 10.2 Å². The second kappa shape index (κ2) is 4.88. The molecule has 1 amide bonds. The fourth-order valence-corrected chi connectivity index (χ4v) is 0.888. The zero-order valence-electron chi connectivity index (χ0n) is 7.70. The lowest BCUT2D eigenvalue weighted by atomic mass is 10.2. The van der Waals surface area contributed by atoms with Crippen molar-refractivity contribution in [3.8, 4) is 0 Å². The van der Waals surface area contributed by atoms with Crippen molar-refractivity contribution in [2.24, 2.45) is 5.73 Å². The van der Waals surface area contributed by atoms with Crippen LogP contribution in [0.15, 0.2) is 12.1 Å². The van der Waals surface area contributed by atoms with Gasteiger partial charge >= 0.3 is 0 Å². The van der Waals surface area contributed by atoms with Gasteiger partial charge < -0.3 is 11.1 Å². The molecule has 1 rings (SSSR count). The monoisotopic (exact) mass is 214 g/mol. The lowest BCUT2D eigenvalue weighted by molar-refractivity contribution is -0.117. The van der Waals surface area contributed by atoms with Crippen molar-refractivity contribution < 1.29 is 4.79 Å². The van der Waals surface area contributed by atoms with Crippen LogP contribution in [0.3, 0.4) is 0 Å². The van der Waals surface area contributed by atoms with Crippen LogP contribution < -0.4 is 11.1 Å². The average Bonchev–Trinajstić information content (AvgIpc) is 2.20. The summed E-state index contributed by atoms with van der Waals surface area (Å²) >= 11 is 5.53. The molecule has 0 saturated heterocycles. The maximum absolute atomic E-state index is 11.3. The summed E-state index contributed by atoms with van der Waals surface area (Å²) in [6.45, 7) is 1.83. The van der Waals surface area contributed by atoms with Crippen LogP contribution in [0.25, 0.3) is 0 Å². The highest BCUT2D eigenvalue weighted by Gasteiger charge is 2.11. The van der Waals surface area contributed by atoms with Crippen molar-refractivity contribution in [3.63, 3.8) is 0 Å². The van der Waals surface area contributed by atoms with Crippen LogP contribution in [0.1, 0.15) is 13.3 Å². The summed E-state index contributed by atoms with van der Waals surface area (Å²) in [5.74, 6) is 0.0763. The summed E-state index contributed by atoms with van der Waals surface area (Å²) in [4.78, 5) is 11.3. The Morgan fingerprint density at radius 3 is 2.86 bits per heavy atom. The third-order valence-corrected chi connectivity index (χ3v) is 1.86. The number of halogens is 1. The Kier molecular flexibility index (Phi) is 3.79. The third kappa shape index (κ3) is 2.93. The molecule has 1 heterocycles. The number of carbonyl (C=O) groups excluding carboxylic acids is 1. The van der Waals surface area contributed by atoms with Crippen molar-refractivity contribution in [2.75, 3.05) is 5.32 Å². The molecule has 0 aliphatic heterocycles. The second-order valence-corrected chi connectivity index (χ2v) is 3.13. The van der Waals surface area contributed by atoms with Gasteiger partial charge in [0.2, 0.25) is 5.91 Å². The van der Waals surface area contributed by atoms with Crippen molar-refractivity contribution in [1.29, 1.82) is 0 Å². The number of amides is 1. The minimum Gasteiger partial charge on any atom is -0.320 e. The van der Waals surface area contributed by atoms with E-state index in [1.165, 1.54) is 0 Å². The minimum atomic E-state index is -0.521. The van der Waals surface area contributed by atoms with Gasteiger partial charge in [-0.05, 0) is 18.6 Å². The van der Waals surface area contributed by atoms with Gasteiger partial charge in [0.15, 0.2) is 11.0 Å². The predicted molar refractivity (Wildman–Crippen MR) is 53.9 cm³/mol. The van der Waals surface area contributed by atoms with Gasteiger partial charge in [-0.25, -0.2) is 0 Å². The van der Waals surface area contributed by atoms with Crippen LogP contribution >= 0.6 is 11.6 Å². The molecule has 14 heavy (non-hydrogen) atoms. The molecule has 1 aromatic heterocycles. The summed E-state index contributed by atoms with van der Waals surface area (Å²) in [6, 6.07) is 2.59. The first-order chi connectivity index (χ1) is 6.63. The van der Waals surface area contributed by atoms with Crippen molar-refractivity contribution in [2.45, 2.75) is 19.4 Å². The number of carbonyl (C=O) groups is 1. The number of hydrogen-bond acceptors (Lipinski definition) is 4. The van der Waals surface area contributed by atoms with Gasteiger partial charge in [-0.15, -0.1) is 10.2 Å². The summed E-state index contributed by atoms with van der Waals surface area (Å²) < 4.78 is 0. The van der Waals surface area contributed by atoms with Gasteiger partial charge in [-0.2, -0.15) is 0 Å².